The van der Waals surface area contributed by atoms with Crippen molar-refractivity contribution in [3.8, 4) is 11.4 Å². The van der Waals surface area contributed by atoms with Gasteiger partial charge in [-0.3, -0.25) is 4.79 Å². The molecule has 0 radical (unpaired) electrons. The minimum Gasteiger partial charge on any atom is -0.336 e. The lowest BCUT2D eigenvalue weighted by molar-refractivity contribution is -0.137. The maximum Gasteiger partial charge on any atom is 0.239 e. The van der Waals surface area contributed by atoms with E-state index in [0.717, 1.165) is 34.9 Å². The molecule has 3 heterocycles. The number of carbonyl (C=O) groups excluding carboxylic acids is 1. The summed E-state index contributed by atoms with van der Waals surface area (Å²) in [5.41, 5.74) is 5.66. The fourth-order valence-electron chi connectivity index (χ4n) is 4.73. The molecule has 1 N–H and O–H groups in total. The van der Waals surface area contributed by atoms with Gasteiger partial charge in [0.1, 0.15) is 5.25 Å². The fourth-order valence-corrected chi connectivity index (χ4v) is 5.87. The summed E-state index contributed by atoms with van der Waals surface area (Å²) in [4.78, 5) is 16.0. The summed E-state index contributed by atoms with van der Waals surface area (Å²) in [7, 11) is 0. The van der Waals surface area contributed by atoms with Crippen LogP contribution in [0.4, 0.5) is 0 Å². The van der Waals surface area contributed by atoms with Gasteiger partial charge in [-0.1, -0.05) is 72.4 Å². The lowest BCUT2D eigenvalue weighted by atomic mass is 9.95. The molecule has 0 bridgehead atoms. The normalized spacial score (nSPS) is 25.5. The van der Waals surface area contributed by atoms with Crippen molar-refractivity contribution >= 4 is 17.7 Å². The highest BCUT2D eigenvalue weighted by Crippen LogP contribution is 2.40. The van der Waals surface area contributed by atoms with E-state index in [1.165, 1.54) is 18.2 Å². The maximum atomic E-state index is 13.9. The van der Waals surface area contributed by atoms with Crippen LogP contribution in [-0.4, -0.2) is 43.0 Å². The van der Waals surface area contributed by atoms with Crippen molar-refractivity contribution in [3.05, 3.63) is 66.2 Å². The summed E-state index contributed by atoms with van der Waals surface area (Å²) in [5, 5.41) is 9.28. The molecular formula is C24H27N5OS. The van der Waals surface area contributed by atoms with E-state index in [2.05, 4.69) is 46.5 Å². The van der Waals surface area contributed by atoms with Gasteiger partial charge in [0.25, 0.3) is 0 Å². The molecule has 0 unspecified atom stereocenters. The molecule has 1 amide bonds. The second-order valence-electron chi connectivity index (χ2n) is 8.44. The Bertz CT molecular complexity index is 1040. The summed E-state index contributed by atoms with van der Waals surface area (Å²) in [6.07, 6.45) is 3.30. The number of thioether (sulfide) groups is 1. The van der Waals surface area contributed by atoms with E-state index in [-0.39, 0.29) is 29.3 Å². The molecular weight excluding hydrogens is 406 g/mol. The average molecular weight is 434 g/mol. The number of aromatic nitrogens is 3. The molecule has 1 fully saturated rings. The number of hydrogen-bond donors (Lipinski definition) is 1. The number of benzene rings is 2. The molecule has 1 saturated heterocycles. The topological polar surface area (TPSA) is 63.1 Å². The molecule has 0 saturated carbocycles. The molecule has 4 atom stereocenters. The van der Waals surface area contributed by atoms with Gasteiger partial charge < -0.3 is 10.3 Å². The van der Waals surface area contributed by atoms with Gasteiger partial charge in [-0.15, -0.1) is 10.2 Å². The number of fused-ring (bicyclic) bond motifs is 1. The van der Waals surface area contributed by atoms with Crippen LogP contribution >= 0.6 is 11.8 Å². The van der Waals surface area contributed by atoms with Crippen LogP contribution in [0.15, 0.2) is 65.8 Å². The zero-order chi connectivity index (χ0) is 21.4. The third-order valence-corrected chi connectivity index (χ3v) is 7.52. The second kappa shape index (κ2) is 8.38. The number of amides is 1. The predicted molar refractivity (Wildman–Crippen MR) is 123 cm³/mol. The van der Waals surface area contributed by atoms with Crippen molar-refractivity contribution in [1.29, 1.82) is 0 Å². The lowest BCUT2D eigenvalue weighted by Gasteiger charge is -2.43. The van der Waals surface area contributed by atoms with Gasteiger partial charge in [0, 0.05) is 17.6 Å². The van der Waals surface area contributed by atoms with Gasteiger partial charge in [0.05, 0.1) is 6.04 Å². The van der Waals surface area contributed by atoms with Crippen LogP contribution < -0.4 is 5.43 Å². The molecule has 2 aliphatic heterocycles. The quantitative estimate of drug-likeness (QED) is 0.659. The van der Waals surface area contributed by atoms with Crippen molar-refractivity contribution in [2.45, 2.75) is 61.6 Å². The van der Waals surface area contributed by atoms with E-state index < -0.39 is 0 Å². The summed E-state index contributed by atoms with van der Waals surface area (Å²) in [6, 6.07) is 20.6. The fraction of sp³-hybridized carbons (Fsp3) is 0.375. The van der Waals surface area contributed by atoms with Crippen LogP contribution in [-0.2, 0) is 4.79 Å². The third-order valence-electron chi connectivity index (χ3n) is 6.32. The average Bonchev–Trinajstić information content (AvgIpc) is 3.22. The molecule has 0 spiro atoms. The number of carbonyl (C=O) groups is 1. The number of nitrogens with zero attached hydrogens (tertiary/aromatic N) is 4. The maximum absolute atomic E-state index is 13.9. The predicted octanol–water partition coefficient (Wildman–Crippen LogP) is 4.49. The Morgan fingerprint density at radius 2 is 1.61 bits per heavy atom. The molecule has 2 aliphatic rings. The van der Waals surface area contributed by atoms with Crippen molar-refractivity contribution in [1.82, 2.24) is 19.8 Å². The van der Waals surface area contributed by atoms with E-state index in [1.807, 2.05) is 53.2 Å². The standard InChI is InChI=1S/C24H27N5OS/c1-16-10-9-11-17(2)28(16)23(30)21-20(18-12-5-3-6-13-18)27-29-22(25-26-24(29)31-21)19-14-7-4-8-15-19/h3-8,12-17,20-21,27H,9-11H2,1-2H3/t16-,17+,20-,21+/m1/s1. The molecule has 160 valence electrons. The molecule has 3 aromatic rings. The van der Waals surface area contributed by atoms with Crippen LogP contribution in [0.3, 0.4) is 0 Å². The van der Waals surface area contributed by atoms with Crippen molar-refractivity contribution in [2.75, 3.05) is 5.43 Å². The molecule has 5 rings (SSSR count). The van der Waals surface area contributed by atoms with Crippen LogP contribution in [0.2, 0.25) is 0 Å². The molecule has 1 aromatic heterocycles. The number of piperidine rings is 1. The number of likely N-dealkylation sites (tertiary alicyclic amines) is 1. The van der Waals surface area contributed by atoms with Gasteiger partial charge in [0.15, 0.2) is 5.82 Å². The van der Waals surface area contributed by atoms with Crippen molar-refractivity contribution < 1.29 is 4.79 Å². The minimum atomic E-state index is -0.300. The molecule has 31 heavy (non-hydrogen) atoms. The Balaban J connectivity index is 1.54. The first-order valence-electron chi connectivity index (χ1n) is 10.9. The van der Waals surface area contributed by atoms with E-state index in [4.69, 9.17) is 0 Å². The first kappa shape index (κ1) is 20.1. The number of hydrogen-bond acceptors (Lipinski definition) is 5. The highest BCUT2D eigenvalue weighted by molar-refractivity contribution is 8.00. The van der Waals surface area contributed by atoms with E-state index in [9.17, 15) is 4.79 Å². The number of nitrogens with one attached hydrogen (secondary N) is 1. The van der Waals surface area contributed by atoms with Gasteiger partial charge in [-0.05, 0) is 38.7 Å². The molecule has 0 aliphatic carbocycles. The van der Waals surface area contributed by atoms with Gasteiger partial charge in [0.2, 0.25) is 11.1 Å². The van der Waals surface area contributed by atoms with Crippen LogP contribution in [0, 0.1) is 0 Å². The van der Waals surface area contributed by atoms with E-state index in [0.29, 0.717) is 0 Å². The Morgan fingerprint density at radius 1 is 0.968 bits per heavy atom. The first-order valence-corrected chi connectivity index (χ1v) is 11.8. The lowest BCUT2D eigenvalue weighted by Crippen LogP contribution is -2.53. The first-order chi connectivity index (χ1) is 15.1. The smallest absolute Gasteiger partial charge is 0.239 e. The minimum absolute atomic E-state index is 0.175. The highest BCUT2D eigenvalue weighted by atomic mass is 32.2. The molecule has 7 heteroatoms. The molecule has 6 nitrogen and oxygen atoms in total. The van der Waals surface area contributed by atoms with E-state index >= 15 is 0 Å². The second-order valence-corrected chi connectivity index (χ2v) is 9.55. The van der Waals surface area contributed by atoms with Gasteiger partial charge in [-0.2, -0.15) is 0 Å². The Morgan fingerprint density at radius 3 is 2.29 bits per heavy atom. The highest BCUT2D eigenvalue weighted by Gasteiger charge is 2.42. The summed E-state index contributed by atoms with van der Waals surface area (Å²) in [5.74, 6) is 0.941. The van der Waals surface area contributed by atoms with E-state index in [1.54, 1.807) is 0 Å². The zero-order valence-electron chi connectivity index (χ0n) is 17.8. The third kappa shape index (κ3) is 3.71. The number of rotatable bonds is 3. The van der Waals surface area contributed by atoms with Crippen LogP contribution in [0.5, 0.6) is 0 Å². The zero-order valence-corrected chi connectivity index (χ0v) is 18.6. The summed E-state index contributed by atoms with van der Waals surface area (Å²) < 4.78 is 1.94. The monoisotopic (exact) mass is 433 g/mol. The Kier molecular flexibility index (Phi) is 5.44. The van der Waals surface area contributed by atoms with Gasteiger partial charge >= 0.3 is 0 Å². The van der Waals surface area contributed by atoms with Crippen LogP contribution in [0.25, 0.3) is 11.4 Å². The SMILES string of the molecule is C[C@@H]1CCC[C@H](C)N1C(=O)[C@H]1Sc2nnc(-c3ccccc3)n2N[C@@H]1c1ccccc1. The summed E-state index contributed by atoms with van der Waals surface area (Å²) >= 11 is 1.52. The van der Waals surface area contributed by atoms with Crippen LogP contribution in [0.1, 0.15) is 44.7 Å². The Hall–Kier alpha value is -2.80. The molecule has 2 aromatic carbocycles. The summed E-state index contributed by atoms with van der Waals surface area (Å²) in [6.45, 7) is 4.34. The largest absolute Gasteiger partial charge is 0.336 e. The van der Waals surface area contributed by atoms with Crippen molar-refractivity contribution in [3.63, 3.8) is 0 Å². The Labute approximate surface area is 187 Å². The van der Waals surface area contributed by atoms with Crippen molar-refractivity contribution in [2.24, 2.45) is 0 Å². The van der Waals surface area contributed by atoms with Gasteiger partial charge in [-0.25, -0.2) is 4.68 Å².